The standard InChI is InChI=1S/C11H12N2O/c12-7-6-11(13-8-9-14)10-4-2-1-3-5-10/h1-6,13-14H,8-9H2/b11-6+. The summed E-state index contributed by atoms with van der Waals surface area (Å²) in [6, 6.07) is 11.5. The van der Waals surface area contributed by atoms with Crippen LogP contribution in [0.15, 0.2) is 36.4 Å². The highest BCUT2D eigenvalue weighted by Gasteiger charge is 1.98. The molecule has 1 aromatic carbocycles. The van der Waals surface area contributed by atoms with E-state index >= 15 is 0 Å². The maximum atomic E-state index is 8.66. The summed E-state index contributed by atoms with van der Waals surface area (Å²) in [7, 11) is 0. The number of aliphatic hydroxyl groups is 1. The third kappa shape index (κ3) is 2.92. The van der Waals surface area contributed by atoms with E-state index in [1.807, 2.05) is 36.4 Å². The fourth-order valence-electron chi connectivity index (χ4n) is 1.11. The third-order valence-corrected chi connectivity index (χ3v) is 1.72. The topological polar surface area (TPSA) is 56.0 Å². The Hall–Kier alpha value is -1.79. The van der Waals surface area contributed by atoms with Crippen molar-refractivity contribution < 1.29 is 5.11 Å². The van der Waals surface area contributed by atoms with Gasteiger partial charge < -0.3 is 10.4 Å². The molecular formula is C11H12N2O. The molecule has 0 atom stereocenters. The molecule has 1 aromatic rings. The van der Waals surface area contributed by atoms with Crippen molar-refractivity contribution in [3.8, 4) is 6.07 Å². The van der Waals surface area contributed by atoms with Crippen LogP contribution in [0, 0.1) is 11.3 Å². The van der Waals surface area contributed by atoms with Gasteiger partial charge in [-0.15, -0.1) is 0 Å². The lowest BCUT2D eigenvalue weighted by Crippen LogP contribution is -2.16. The Morgan fingerprint density at radius 3 is 2.71 bits per heavy atom. The van der Waals surface area contributed by atoms with Crippen molar-refractivity contribution in [1.29, 1.82) is 5.26 Å². The van der Waals surface area contributed by atoms with Crippen LogP contribution in [0.3, 0.4) is 0 Å². The zero-order valence-corrected chi connectivity index (χ0v) is 7.77. The van der Waals surface area contributed by atoms with E-state index in [1.165, 1.54) is 6.08 Å². The van der Waals surface area contributed by atoms with E-state index < -0.39 is 0 Å². The number of hydrogen-bond donors (Lipinski definition) is 2. The zero-order valence-electron chi connectivity index (χ0n) is 7.77. The van der Waals surface area contributed by atoms with E-state index in [4.69, 9.17) is 10.4 Å². The molecule has 14 heavy (non-hydrogen) atoms. The van der Waals surface area contributed by atoms with Crippen molar-refractivity contribution in [1.82, 2.24) is 5.32 Å². The number of allylic oxidation sites excluding steroid dienone is 1. The van der Waals surface area contributed by atoms with E-state index in [1.54, 1.807) is 0 Å². The minimum atomic E-state index is 0.0512. The highest BCUT2D eigenvalue weighted by atomic mass is 16.3. The van der Waals surface area contributed by atoms with Gasteiger partial charge in [0.2, 0.25) is 0 Å². The van der Waals surface area contributed by atoms with Crippen molar-refractivity contribution in [2.24, 2.45) is 0 Å². The first-order chi connectivity index (χ1) is 6.88. The summed E-state index contributed by atoms with van der Waals surface area (Å²) in [5.74, 6) is 0. The van der Waals surface area contributed by atoms with E-state index in [9.17, 15) is 0 Å². The van der Waals surface area contributed by atoms with Crippen LogP contribution in [0.4, 0.5) is 0 Å². The van der Waals surface area contributed by atoms with Crippen LogP contribution >= 0.6 is 0 Å². The predicted molar refractivity (Wildman–Crippen MR) is 55.1 cm³/mol. The van der Waals surface area contributed by atoms with Crippen molar-refractivity contribution in [2.75, 3.05) is 13.2 Å². The van der Waals surface area contributed by atoms with Gasteiger partial charge in [-0.3, -0.25) is 0 Å². The zero-order chi connectivity index (χ0) is 10.2. The van der Waals surface area contributed by atoms with Gasteiger partial charge in [0.1, 0.15) is 0 Å². The van der Waals surface area contributed by atoms with Crippen LogP contribution < -0.4 is 5.32 Å². The van der Waals surface area contributed by atoms with E-state index in [0.29, 0.717) is 6.54 Å². The Bertz CT molecular complexity index is 338. The Labute approximate surface area is 83.3 Å². The molecule has 3 nitrogen and oxygen atoms in total. The minimum Gasteiger partial charge on any atom is -0.395 e. The number of rotatable bonds is 4. The first kappa shape index (κ1) is 10.3. The van der Waals surface area contributed by atoms with Gasteiger partial charge >= 0.3 is 0 Å². The lowest BCUT2D eigenvalue weighted by molar-refractivity contribution is 0.299. The van der Waals surface area contributed by atoms with Gasteiger partial charge in [0, 0.05) is 12.6 Å². The summed E-state index contributed by atoms with van der Waals surface area (Å²) in [6.45, 7) is 0.498. The van der Waals surface area contributed by atoms with E-state index in [0.717, 1.165) is 11.3 Å². The van der Waals surface area contributed by atoms with Gasteiger partial charge in [0.15, 0.2) is 0 Å². The predicted octanol–water partition coefficient (Wildman–Crippen LogP) is 1.13. The first-order valence-corrected chi connectivity index (χ1v) is 4.38. The lowest BCUT2D eigenvalue weighted by atomic mass is 10.1. The molecule has 0 amide bonds. The highest BCUT2D eigenvalue weighted by Crippen LogP contribution is 2.09. The van der Waals surface area contributed by atoms with Crippen LogP contribution in [0.2, 0.25) is 0 Å². The molecule has 0 saturated carbocycles. The third-order valence-electron chi connectivity index (χ3n) is 1.72. The number of aliphatic hydroxyl groups excluding tert-OH is 1. The number of benzene rings is 1. The normalized spacial score (nSPS) is 10.7. The summed E-state index contributed by atoms with van der Waals surface area (Å²) in [6.07, 6.45) is 1.44. The number of hydrogen-bond acceptors (Lipinski definition) is 3. The van der Waals surface area contributed by atoms with Gasteiger partial charge in [-0.05, 0) is 5.56 Å². The van der Waals surface area contributed by atoms with E-state index in [2.05, 4.69) is 5.32 Å². The molecule has 0 fully saturated rings. The molecule has 0 spiro atoms. The maximum absolute atomic E-state index is 8.66. The molecule has 0 bridgehead atoms. The summed E-state index contributed by atoms with van der Waals surface area (Å²) >= 11 is 0. The van der Waals surface area contributed by atoms with Gasteiger partial charge in [-0.1, -0.05) is 30.3 Å². The molecule has 0 heterocycles. The van der Waals surface area contributed by atoms with Gasteiger partial charge in [-0.25, -0.2) is 0 Å². The second kappa shape index (κ2) is 5.79. The van der Waals surface area contributed by atoms with Crippen molar-refractivity contribution in [3.05, 3.63) is 42.0 Å². The fourth-order valence-corrected chi connectivity index (χ4v) is 1.11. The number of nitriles is 1. The Morgan fingerprint density at radius 1 is 1.43 bits per heavy atom. The van der Waals surface area contributed by atoms with Crippen LogP contribution in [0.1, 0.15) is 5.56 Å². The first-order valence-electron chi connectivity index (χ1n) is 4.38. The average Bonchev–Trinajstić information content (AvgIpc) is 2.25. The van der Waals surface area contributed by atoms with Crippen molar-refractivity contribution in [3.63, 3.8) is 0 Å². The monoisotopic (exact) mass is 188 g/mol. The van der Waals surface area contributed by atoms with Gasteiger partial charge in [0.05, 0.1) is 18.4 Å². The lowest BCUT2D eigenvalue weighted by Gasteiger charge is -2.08. The molecule has 72 valence electrons. The molecule has 1 rings (SSSR count). The molecule has 0 saturated heterocycles. The molecule has 0 aliphatic carbocycles. The molecule has 0 radical (unpaired) electrons. The Morgan fingerprint density at radius 2 is 2.14 bits per heavy atom. The summed E-state index contributed by atoms with van der Waals surface area (Å²) in [5, 5.41) is 20.2. The maximum Gasteiger partial charge on any atom is 0.0933 e. The molecule has 3 heteroatoms. The van der Waals surface area contributed by atoms with E-state index in [-0.39, 0.29) is 6.61 Å². The van der Waals surface area contributed by atoms with Crippen molar-refractivity contribution >= 4 is 5.70 Å². The summed E-state index contributed by atoms with van der Waals surface area (Å²) in [4.78, 5) is 0. The molecule has 2 N–H and O–H groups in total. The second-order valence-corrected chi connectivity index (χ2v) is 2.70. The molecule has 0 unspecified atom stereocenters. The number of nitrogens with zero attached hydrogens (tertiary/aromatic N) is 1. The highest BCUT2D eigenvalue weighted by molar-refractivity contribution is 5.65. The molecule has 0 aliphatic rings. The van der Waals surface area contributed by atoms with Crippen molar-refractivity contribution in [2.45, 2.75) is 0 Å². The number of nitrogens with one attached hydrogen (secondary N) is 1. The largest absolute Gasteiger partial charge is 0.395 e. The minimum absolute atomic E-state index is 0.0512. The summed E-state index contributed by atoms with van der Waals surface area (Å²) < 4.78 is 0. The van der Waals surface area contributed by atoms with Crippen LogP contribution in [0.25, 0.3) is 5.70 Å². The molecular weight excluding hydrogens is 176 g/mol. The fraction of sp³-hybridized carbons (Fsp3) is 0.182. The Balaban J connectivity index is 2.80. The van der Waals surface area contributed by atoms with Crippen LogP contribution in [-0.4, -0.2) is 18.3 Å². The molecule has 0 aliphatic heterocycles. The quantitative estimate of drug-likeness (QED) is 0.696. The van der Waals surface area contributed by atoms with Crippen LogP contribution in [-0.2, 0) is 0 Å². The van der Waals surface area contributed by atoms with Gasteiger partial charge in [-0.2, -0.15) is 5.26 Å². The second-order valence-electron chi connectivity index (χ2n) is 2.70. The van der Waals surface area contributed by atoms with Crippen LogP contribution in [0.5, 0.6) is 0 Å². The summed E-state index contributed by atoms with van der Waals surface area (Å²) in [5.41, 5.74) is 1.68. The average molecular weight is 188 g/mol. The SMILES string of the molecule is N#C/C=C(/NCCO)c1ccccc1. The van der Waals surface area contributed by atoms with Gasteiger partial charge in [0.25, 0.3) is 0 Å². The molecule has 0 aromatic heterocycles. The Kier molecular flexibility index (Phi) is 4.25. The smallest absolute Gasteiger partial charge is 0.0933 e.